The van der Waals surface area contributed by atoms with Gasteiger partial charge < -0.3 is 35.3 Å². The van der Waals surface area contributed by atoms with Gasteiger partial charge in [0.2, 0.25) is 12.7 Å². The summed E-state index contributed by atoms with van der Waals surface area (Å²) in [5, 5.41) is 20.3. The van der Waals surface area contributed by atoms with Gasteiger partial charge >= 0.3 is 12.0 Å². The number of pyridine rings is 1. The number of hydrogen-bond acceptors (Lipinski definition) is 8. The molecular weight excluding hydrogens is 570 g/mol. The molecule has 1 aliphatic rings. The predicted molar refractivity (Wildman–Crippen MR) is 161 cm³/mol. The highest BCUT2D eigenvalue weighted by atomic mass is 16.7. The van der Waals surface area contributed by atoms with Crippen molar-refractivity contribution in [2.24, 2.45) is 5.92 Å². The Morgan fingerprint density at radius 1 is 0.977 bits per heavy atom. The van der Waals surface area contributed by atoms with Crippen molar-refractivity contribution in [2.75, 3.05) is 24.0 Å². The van der Waals surface area contributed by atoms with Gasteiger partial charge in [-0.3, -0.25) is 19.7 Å². The molecule has 2 atom stereocenters. The van der Waals surface area contributed by atoms with E-state index in [4.69, 9.17) is 14.2 Å². The van der Waals surface area contributed by atoms with E-state index in [-0.39, 0.29) is 25.7 Å². The first kappa shape index (κ1) is 31.6. The number of amides is 4. The summed E-state index contributed by atoms with van der Waals surface area (Å²) >= 11 is 0. The molecule has 0 spiro atoms. The molecule has 0 saturated carbocycles. The lowest BCUT2D eigenvalue weighted by Gasteiger charge is -2.24. The highest BCUT2D eigenvalue weighted by Crippen LogP contribution is 2.35. The summed E-state index contributed by atoms with van der Waals surface area (Å²) < 4.78 is 16.3. The number of carbonyl (C=O) groups excluding carboxylic acids is 3. The van der Waals surface area contributed by atoms with Crippen LogP contribution in [0, 0.1) is 12.8 Å². The molecule has 1 aromatic heterocycles. The van der Waals surface area contributed by atoms with Crippen molar-refractivity contribution in [3.8, 4) is 17.2 Å². The first-order chi connectivity index (χ1) is 21.1. The summed E-state index contributed by atoms with van der Waals surface area (Å²) in [6, 6.07) is 12.7. The van der Waals surface area contributed by atoms with Crippen molar-refractivity contribution in [1.82, 2.24) is 15.6 Å². The summed E-state index contributed by atoms with van der Waals surface area (Å²) in [4.78, 5) is 54.1. The molecule has 2 unspecified atom stereocenters. The number of carbonyl (C=O) groups is 4. The third kappa shape index (κ3) is 9.08. The normalized spacial score (nSPS) is 13.0. The van der Waals surface area contributed by atoms with Crippen molar-refractivity contribution < 1.29 is 38.5 Å². The van der Waals surface area contributed by atoms with Crippen LogP contribution in [0.4, 0.5) is 16.3 Å². The van der Waals surface area contributed by atoms with E-state index in [1.807, 2.05) is 26.8 Å². The van der Waals surface area contributed by atoms with E-state index in [2.05, 4.69) is 26.3 Å². The fourth-order valence-corrected chi connectivity index (χ4v) is 4.44. The maximum absolute atomic E-state index is 13.3. The predicted octanol–water partition coefficient (Wildman–Crippen LogP) is 4.00. The lowest BCUT2D eigenvalue weighted by atomic mass is 10.00. The van der Waals surface area contributed by atoms with E-state index in [1.165, 1.54) is 0 Å². The van der Waals surface area contributed by atoms with Crippen molar-refractivity contribution in [3.63, 3.8) is 0 Å². The largest absolute Gasteiger partial charge is 0.484 e. The van der Waals surface area contributed by atoms with Crippen LogP contribution in [0.2, 0.25) is 0 Å². The highest BCUT2D eigenvalue weighted by molar-refractivity contribution is 5.99. The summed E-state index contributed by atoms with van der Waals surface area (Å²) in [7, 11) is 0. The van der Waals surface area contributed by atoms with Gasteiger partial charge in [0, 0.05) is 11.9 Å². The van der Waals surface area contributed by atoms with Crippen LogP contribution >= 0.6 is 0 Å². The van der Waals surface area contributed by atoms with Crippen molar-refractivity contribution in [1.29, 1.82) is 0 Å². The van der Waals surface area contributed by atoms with E-state index in [0.29, 0.717) is 40.7 Å². The lowest BCUT2D eigenvalue weighted by Crippen LogP contribution is -2.49. The van der Waals surface area contributed by atoms with Gasteiger partial charge in [0.15, 0.2) is 18.1 Å². The summed E-state index contributed by atoms with van der Waals surface area (Å²) in [6.45, 7) is 5.34. The number of nitrogens with one attached hydrogen (secondary N) is 4. The van der Waals surface area contributed by atoms with Crippen LogP contribution in [0.3, 0.4) is 0 Å². The van der Waals surface area contributed by atoms with Gasteiger partial charge in [-0.2, -0.15) is 0 Å². The Hall–Kier alpha value is -5.33. The maximum atomic E-state index is 13.3. The molecule has 4 amide bonds. The molecule has 0 bridgehead atoms. The average Bonchev–Trinajstić information content (AvgIpc) is 3.45. The maximum Gasteiger partial charge on any atom is 0.324 e. The zero-order valence-electron chi connectivity index (χ0n) is 24.6. The number of carboxylic acids is 1. The number of rotatable bonds is 13. The van der Waals surface area contributed by atoms with Gasteiger partial charge in [0.25, 0.3) is 5.91 Å². The second kappa shape index (κ2) is 14.7. The molecule has 0 aliphatic carbocycles. The SMILES string of the molecule is Cc1cccnc1NC(=O)Nc1ccc(OCC(=O)NC(CC(C)C)C(=O)NC(CC(=O)O)c2ccc3c(c2)OCO3)cc1. The number of benzene rings is 2. The molecule has 1 aliphatic heterocycles. The van der Waals surface area contributed by atoms with E-state index < -0.39 is 35.9 Å². The topological polar surface area (TPSA) is 177 Å². The number of aliphatic carboxylic acids is 1. The number of anilines is 2. The minimum atomic E-state index is -1.10. The van der Waals surface area contributed by atoms with Crippen molar-refractivity contribution >= 4 is 35.3 Å². The molecule has 0 fully saturated rings. The molecule has 4 rings (SSSR count). The summed E-state index contributed by atoms with van der Waals surface area (Å²) in [5.74, 6) is -0.285. The van der Waals surface area contributed by atoms with Gasteiger partial charge in [-0.05, 0) is 72.9 Å². The molecule has 232 valence electrons. The first-order valence-electron chi connectivity index (χ1n) is 14.0. The van der Waals surface area contributed by atoms with Crippen molar-refractivity contribution in [3.05, 3.63) is 71.9 Å². The second-order valence-electron chi connectivity index (χ2n) is 10.6. The molecule has 2 heterocycles. The van der Waals surface area contributed by atoms with Crippen LogP contribution in [0.15, 0.2) is 60.8 Å². The lowest BCUT2D eigenvalue weighted by molar-refractivity contribution is -0.138. The minimum Gasteiger partial charge on any atom is -0.484 e. The molecule has 0 saturated heterocycles. The van der Waals surface area contributed by atoms with Gasteiger partial charge in [-0.25, -0.2) is 9.78 Å². The Morgan fingerprint density at radius 2 is 1.73 bits per heavy atom. The Morgan fingerprint density at radius 3 is 2.43 bits per heavy atom. The molecule has 3 aromatic rings. The number of hydrogen-bond donors (Lipinski definition) is 5. The van der Waals surface area contributed by atoms with Crippen molar-refractivity contribution in [2.45, 2.75) is 45.7 Å². The number of aromatic nitrogens is 1. The van der Waals surface area contributed by atoms with Crippen LogP contribution in [-0.2, 0) is 14.4 Å². The van der Waals surface area contributed by atoms with Gasteiger partial charge in [0.05, 0.1) is 12.5 Å². The van der Waals surface area contributed by atoms with E-state index in [0.717, 1.165) is 5.56 Å². The third-order valence-corrected chi connectivity index (χ3v) is 6.58. The minimum absolute atomic E-state index is 0.0502. The number of fused-ring (bicyclic) bond motifs is 1. The zero-order valence-corrected chi connectivity index (χ0v) is 24.6. The Labute approximate surface area is 254 Å². The monoisotopic (exact) mass is 605 g/mol. The van der Waals surface area contributed by atoms with E-state index >= 15 is 0 Å². The Bertz CT molecular complexity index is 1490. The van der Waals surface area contributed by atoms with E-state index in [1.54, 1.807) is 54.7 Å². The average molecular weight is 606 g/mol. The number of ether oxygens (including phenoxy) is 3. The molecule has 0 radical (unpaired) electrons. The molecule has 44 heavy (non-hydrogen) atoms. The summed E-state index contributed by atoms with van der Waals surface area (Å²) in [6.07, 6.45) is 1.53. The van der Waals surface area contributed by atoms with Crippen LogP contribution in [0.5, 0.6) is 17.2 Å². The standard InChI is InChI=1S/C31H35N5O8/c1-18(2)13-24(30(40)35-23(15-28(38)39)20-6-11-25-26(14-20)44-17-43-25)34-27(37)16-42-22-9-7-21(8-10-22)33-31(41)36-29-19(3)5-4-12-32-29/h4-12,14,18,23-24H,13,15-17H2,1-3H3,(H,34,37)(H,35,40)(H,38,39)(H2,32,33,36,41). The highest BCUT2D eigenvalue weighted by Gasteiger charge is 2.27. The first-order valence-corrected chi connectivity index (χ1v) is 14.0. The molecule has 2 aromatic carbocycles. The van der Waals surface area contributed by atoms with Crippen LogP contribution in [-0.4, -0.2) is 53.3 Å². The number of aryl methyl sites for hydroxylation is 1. The number of nitrogens with zero attached hydrogens (tertiary/aromatic N) is 1. The quantitative estimate of drug-likeness (QED) is 0.193. The zero-order chi connectivity index (χ0) is 31.6. The Balaban J connectivity index is 1.31. The fourth-order valence-electron chi connectivity index (χ4n) is 4.44. The van der Waals surface area contributed by atoms with Gasteiger partial charge in [-0.15, -0.1) is 0 Å². The molecular formula is C31H35N5O8. The number of carboxylic acid groups (broad SMARTS) is 1. The molecule has 13 heteroatoms. The van der Waals surface area contributed by atoms with Crippen LogP contribution < -0.4 is 35.5 Å². The summed E-state index contributed by atoms with van der Waals surface area (Å²) in [5.41, 5.74) is 1.85. The smallest absolute Gasteiger partial charge is 0.324 e. The van der Waals surface area contributed by atoms with Gasteiger partial charge in [-0.1, -0.05) is 26.0 Å². The van der Waals surface area contributed by atoms with Crippen LogP contribution in [0.25, 0.3) is 0 Å². The molecule has 5 N–H and O–H groups in total. The molecule has 13 nitrogen and oxygen atoms in total. The number of urea groups is 1. The van der Waals surface area contributed by atoms with Crippen LogP contribution in [0.1, 0.15) is 43.9 Å². The van der Waals surface area contributed by atoms with E-state index in [9.17, 15) is 24.3 Å². The fraction of sp³-hybridized carbons (Fsp3) is 0.323. The second-order valence-corrected chi connectivity index (χ2v) is 10.6. The third-order valence-electron chi connectivity index (χ3n) is 6.58. The Kier molecular flexibility index (Phi) is 10.6. The van der Waals surface area contributed by atoms with Gasteiger partial charge in [0.1, 0.15) is 17.6 Å².